The molecule has 1 N–H and O–H groups in total. The highest BCUT2D eigenvalue weighted by atomic mass is 28.4. The zero-order valence-electron chi connectivity index (χ0n) is 20.6. The van der Waals surface area contributed by atoms with Crippen LogP contribution in [0.3, 0.4) is 0 Å². The largest absolute Gasteiger partial charge is 0.464 e. The van der Waals surface area contributed by atoms with E-state index in [1.54, 1.807) is 24.3 Å². The van der Waals surface area contributed by atoms with Crippen LogP contribution in [0.15, 0.2) is 91.0 Å². The van der Waals surface area contributed by atoms with Crippen molar-refractivity contribution in [2.45, 2.75) is 44.2 Å². The van der Waals surface area contributed by atoms with Gasteiger partial charge in [-0.2, -0.15) is 0 Å². The second-order valence-electron chi connectivity index (χ2n) is 10.0. The van der Waals surface area contributed by atoms with Crippen molar-refractivity contribution in [1.29, 1.82) is 0 Å². The van der Waals surface area contributed by atoms with Gasteiger partial charge in [0.05, 0.1) is 6.61 Å². The normalized spacial score (nSPS) is 18.2. The van der Waals surface area contributed by atoms with E-state index < -0.39 is 19.8 Å². The molecule has 0 saturated carbocycles. The first-order valence-electron chi connectivity index (χ1n) is 12.1. The van der Waals surface area contributed by atoms with Crippen molar-refractivity contribution in [3.63, 3.8) is 0 Å². The summed E-state index contributed by atoms with van der Waals surface area (Å²) in [6.07, 6.45) is 0.767. The van der Waals surface area contributed by atoms with Crippen LogP contribution in [-0.4, -0.2) is 38.9 Å². The molecule has 5 nitrogen and oxygen atoms in total. The number of amides is 1. The molecule has 0 spiro atoms. The number of carbonyl (C=O) groups is 2. The van der Waals surface area contributed by atoms with Crippen LogP contribution in [-0.2, 0) is 14.0 Å². The fraction of sp³-hybridized carbons (Fsp3) is 0.310. The molecule has 0 radical (unpaired) electrons. The fourth-order valence-electron chi connectivity index (χ4n) is 4.98. The fourth-order valence-corrected chi connectivity index (χ4v) is 9.54. The summed E-state index contributed by atoms with van der Waals surface area (Å²) >= 11 is 0. The number of esters is 1. The smallest absolute Gasteiger partial charge is 0.332 e. The number of rotatable bonds is 8. The maximum absolute atomic E-state index is 13.0. The molecule has 4 rings (SSSR count). The molecule has 182 valence electrons. The second kappa shape index (κ2) is 10.2. The average molecular weight is 488 g/mol. The van der Waals surface area contributed by atoms with Crippen molar-refractivity contribution >= 4 is 30.6 Å². The van der Waals surface area contributed by atoms with Gasteiger partial charge in [-0.25, -0.2) is 4.79 Å². The number of benzene rings is 3. The SMILES string of the molecule is CC(C)(C)[Si](OCC[C@]1(NC(=O)c2ccccc2)CCOC1=O)(c1ccccc1)c1ccccc1. The standard InChI is InChI=1S/C29H33NO4Si/c1-28(2,3)35(24-15-9-5-10-16-24,25-17-11-6-12-18-25)34-22-20-29(19-21-33-27(29)32)30-26(31)23-13-7-4-8-14-23/h4-18H,19-22H2,1-3H3,(H,30,31)/t29-/m1/s1. The third-order valence-electron chi connectivity index (χ3n) is 6.81. The molecule has 1 fully saturated rings. The Labute approximate surface area is 208 Å². The minimum atomic E-state index is -2.74. The zero-order valence-corrected chi connectivity index (χ0v) is 21.6. The third kappa shape index (κ3) is 4.95. The highest BCUT2D eigenvalue weighted by Crippen LogP contribution is 2.37. The number of carbonyl (C=O) groups excluding carboxylic acids is 2. The lowest BCUT2D eigenvalue weighted by atomic mass is 9.93. The molecule has 0 aromatic heterocycles. The monoisotopic (exact) mass is 487 g/mol. The van der Waals surface area contributed by atoms with E-state index in [2.05, 4.69) is 50.4 Å². The maximum atomic E-state index is 13.0. The van der Waals surface area contributed by atoms with Crippen molar-refractivity contribution in [1.82, 2.24) is 5.32 Å². The Kier molecular flexibility index (Phi) is 7.24. The van der Waals surface area contributed by atoms with E-state index in [4.69, 9.17) is 9.16 Å². The minimum Gasteiger partial charge on any atom is -0.464 e. The lowest BCUT2D eigenvalue weighted by Crippen LogP contribution is -2.67. The van der Waals surface area contributed by atoms with Crippen LogP contribution in [0, 0.1) is 0 Å². The molecule has 1 aliphatic rings. The van der Waals surface area contributed by atoms with Gasteiger partial charge < -0.3 is 14.5 Å². The van der Waals surface area contributed by atoms with Gasteiger partial charge in [-0.05, 0) is 27.5 Å². The first kappa shape index (κ1) is 24.9. The summed E-state index contributed by atoms with van der Waals surface area (Å²) in [5, 5.41) is 5.16. The summed E-state index contributed by atoms with van der Waals surface area (Å²) < 4.78 is 12.3. The quantitative estimate of drug-likeness (QED) is 0.384. The van der Waals surface area contributed by atoms with Gasteiger partial charge in [0, 0.05) is 25.0 Å². The van der Waals surface area contributed by atoms with Crippen LogP contribution in [0.25, 0.3) is 0 Å². The number of hydrogen-bond acceptors (Lipinski definition) is 4. The Bertz CT molecular complexity index is 1110. The van der Waals surface area contributed by atoms with E-state index in [0.717, 1.165) is 0 Å². The van der Waals surface area contributed by atoms with Crippen LogP contribution in [0.5, 0.6) is 0 Å². The second-order valence-corrected chi connectivity index (χ2v) is 14.4. The summed E-state index contributed by atoms with van der Waals surface area (Å²) in [5.74, 6) is -0.678. The summed E-state index contributed by atoms with van der Waals surface area (Å²) in [6.45, 7) is 7.26. The van der Waals surface area contributed by atoms with Gasteiger partial charge in [-0.3, -0.25) is 4.79 Å². The summed E-state index contributed by atoms with van der Waals surface area (Å²) in [5.41, 5.74) is -0.585. The Balaban J connectivity index is 1.64. The van der Waals surface area contributed by atoms with Gasteiger partial charge in [-0.1, -0.05) is 99.6 Å². The first-order chi connectivity index (χ1) is 16.8. The van der Waals surface area contributed by atoms with Gasteiger partial charge in [0.15, 0.2) is 0 Å². The number of cyclic esters (lactones) is 1. The van der Waals surface area contributed by atoms with Crippen LogP contribution in [0.4, 0.5) is 0 Å². The summed E-state index contributed by atoms with van der Waals surface area (Å²) in [4.78, 5) is 25.8. The predicted molar refractivity (Wildman–Crippen MR) is 140 cm³/mol. The van der Waals surface area contributed by atoms with E-state index in [-0.39, 0.29) is 17.6 Å². The third-order valence-corrected chi connectivity index (χ3v) is 11.8. The van der Waals surface area contributed by atoms with E-state index in [1.165, 1.54) is 10.4 Å². The van der Waals surface area contributed by atoms with Gasteiger partial charge in [0.2, 0.25) is 0 Å². The van der Waals surface area contributed by atoms with Gasteiger partial charge in [0.1, 0.15) is 5.54 Å². The molecule has 0 unspecified atom stereocenters. The van der Waals surface area contributed by atoms with E-state index in [0.29, 0.717) is 25.0 Å². The number of ether oxygens (including phenoxy) is 1. The molecule has 3 aromatic rings. The maximum Gasteiger partial charge on any atom is 0.332 e. The van der Waals surface area contributed by atoms with Crippen molar-refractivity contribution in [3.05, 3.63) is 96.6 Å². The zero-order chi connectivity index (χ0) is 24.9. The lowest BCUT2D eigenvalue weighted by Gasteiger charge is -2.43. The molecule has 1 heterocycles. The molecule has 1 saturated heterocycles. The molecule has 6 heteroatoms. The Morgan fingerprint density at radius 3 is 1.89 bits per heavy atom. The van der Waals surface area contributed by atoms with E-state index in [1.807, 2.05) is 42.5 Å². The number of nitrogens with one attached hydrogen (secondary N) is 1. The number of hydrogen-bond donors (Lipinski definition) is 1. The van der Waals surface area contributed by atoms with Gasteiger partial charge in [0.25, 0.3) is 14.2 Å². The van der Waals surface area contributed by atoms with Crippen molar-refractivity contribution < 1.29 is 18.8 Å². The topological polar surface area (TPSA) is 64.6 Å². The molecule has 35 heavy (non-hydrogen) atoms. The van der Waals surface area contributed by atoms with Crippen molar-refractivity contribution in [3.8, 4) is 0 Å². The molecule has 1 amide bonds. The molecule has 1 atom stereocenters. The Hall–Kier alpha value is -3.22. The van der Waals surface area contributed by atoms with Crippen molar-refractivity contribution in [2.75, 3.05) is 13.2 Å². The summed E-state index contributed by atoms with van der Waals surface area (Å²) in [6, 6.07) is 29.7. The van der Waals surface area contributed by atoms with Crippen molar-refractivity contribution in [2.24, 2.45) is 0 Å². The summed E-state index contributed by atoms with van der Waals surface area (Å²) in [7, 11) is -2.74. The van der Waals surface area contributed by atoms with Gasteiger partial charge in [-0.15, -0.1) is 0 Å². The average Bonchev–Trinajstić information content (AvgIpc) is 3.22. The van der Waals surface area contributed by atoms with Crippen LogP contribution in [0.2, 0.25) is 5.04 Å². The highest BCUT2D eigenvalue weighted by Gasteiger charge is 2.51. The Morgan fingerprint density at radius 1 is 0.914 bits per heavy atom. The lowest BCUT2D eigenvalue weighted by molar-refractivity contribution is -0.143. The van der Waals surface area contributed by atoms with Crippen LogP contribution in [0.1, 0.15) is 44.0 Å². The first-order valence-corrected chi connectivity index (χ1v) is 14.0. The molecular formula is C29H33NO4Si. The highest BCUT2D eigenvalue weighted by molar-refractivity contribution is 6.99. The molecular weight excluding hydrogens is 454 g/mol. The predicted octanol–water partition coefficient (Wildman–Crippen LogP) is 4.07. The minimum absolute atomic E-state index is 0.174. The van der Waals surface area contributed by atoms with Crippen LogP contribution < -0.4 is 15.7 Å². The molecule has 0 aliphatic carbocycles. The van der Waals surface area contributed by atoms with Crippen LogP contribution >= 0.6 is 0 Å². The Morgan fingerprint density at radius 2 is 1.43 bits per heavy atom. The molecule has 1 aliphatic heterocycles. The van der Waals surface area contributed by atoms with Gasteiger partial charge >= 0.3 is 5.97 Å². The van der Waals surface area contributed by atoms with E-state index in [9.17, 15) is 9.59 Å². The van der Waals surface area contributed by atoms with E-state index >= 15 is 0 Å². The molecule has 0 bridgehead atoms. The molecule has 3 aromatic carbocycles.